The molecule has 25 heavy (non-hydrogen) atoms. The van der Waals surface area contributed by atoms with Crippen LogP contribution in [0.4, 0.5) is 0 Å². The number of methoxy groups -OCH3 is 3. The lowest BCUT2D eigenvalue weighted by molar-refractivity contribution is -0.504. The topological polar surface area (TPSA) is 112 Å². The van der Waals surface area contributed by atoms with Gasteiger partial charge < -0.3 is 14.2 Å². The molecular weight excluding hydrogens is 330 g/mol. The Labute approximate surface area is 145 Å². The Hall–Kier alpha value is -2.84. The number of carbonyl (C=O) groups excluding carboxylic acids is 1. The Morgan fingerprint density at radius 3 is 2.36 bits per heavy atom. The zero-order valence-corrected chi connectivity index (χ0v) is 14.4. The van der Waals surface area contributed by atoms with E-state index in [-0.39, 0.29) is 10.5 Å². The van der Waals surface area contributed by atoms with Gasteiger partial charge in [-0.15, -0.1) is 0 Å². The standard InChI is InChI=1S/C16H21N3O6/c1-23-13-8-10(9-14(24-2)15(13)25-3)16(20)18-17-11-6-4-5-7-12(11)19(21)22/h8-9,12H,4-7H2,1-3H3,(H,18,20)/b17-11+/t12-/m0/s1. The number of hydrogen-bond donors (Lipinski definition) is 1. The van der Waals surface area contributed by atoms with Crippen molar-refractivity contribution in [1.82, 2.24) is 5.43 Å². The molecule has 9 heteroatoms. The van der Waals surface area contributed by atoms with Crippen molar-refractivity contribution in [1.29, 1.82) is 0 Å². The van der Waals surface area contributed by atoms with Crippen LogP contribution in [0, 0.1) is 10.1 Å². The zero-order chi connectivity index (χ0) is 18.4. The highest BCUT2D eigenvalue weighted by molar-refractivity contribution is 5.97. The lowest BCUT2D eigenvalue weighted by atomic mass is 9.94. The number of nitrogens with zero attached hydrogens (tertiary/aromatic N) is 2. The lowest BCUT2D eigenvalue weighted by Crippen LogP contribution is -2.34. The van der Waals surface area contributed by atoms with Gasteiger partial charge in [0.05, 0.1) is 21.3 Å². The third kappa shape index (κ3) is 4.17. The monoisotopic (exact) mass is 351 g/mol. The average Bonchev–Trinajstić information content (AvgIpc) is 2.64. The summed E-state index contributed by atoms with van der Waals surface area (Å²) in [6, 6.07) is 2.14. The molecule has 1 N–H and O–H groups in total. The maximum atomic E-state index is 12.4. The molecule has 1 fully saturated rings. The van der Waals surface area contributed by atoms with Crippen molar-refractivity contribution in [2.75, 3.05) is 21.3 Å². The highest BCUT2D eigenvalue weighted by atomic mass is 16.6. The molecule has 1 aliphatic carbocycles. The third-order valence-corrected chi connectivity index (χ3v) is 4.03. The summed E-state index contributed by atoms with van der Waals surface area (Å²) in [6.45, 7) is 0. The van der Waals surface area contributed by atoms with Crippen LogP contribution in [-0.4, -0.2) is 43.9 Å². The van der Waals surface area contributed by atoms with Gasteiger partial charge in [-0.1, -0.05) is 0 Å². The number of hydrogen-bond acceptors (Lipinski definition) is 7. The molecule has 0 bridgehead atoms. The van der Waals surface area contributed by atoms with E-state index in [1.165, 1.54) is 33.5 Å². The number of amides is 1. The SMILES string of the molecule is COc1cc(C(=O)N/N=C2\CCCC[C@@H]2[N+](=O)[O-])cc(OC)c1OC. The van der Waals surface area contributed by atoms with Crippen LogP contribution in [0.5, 0.6) is 17.2 Å². The summed E-state index contributed by atoms with van der Waals surface area (Å²) in [6.07, 6.45) is 2.54. The molecule has 0 heterocycles. The molecule has 1 amide bonds. The highest BCUT2D eigenvalue weighted by Gasteiger charge is 2.30. The van der Waals surface area contributed by atoms with Gasteiger partial charge in [0, 0.05) is 16.9 Å². The number of carbonyl (C=O) groups is 1. The first-order valence-electron chi connectivity index (χ1n) is 7.82. The van der Waals surface area contributed by atoms with Crippen LogP contribution in [0.2, 0.25) is 0 Å². The van der Waals surface area contributed by atoms with E-state index in [1.807, 2.05) is 0 Å². The molecule has 0 unspecified atom stereocenters. The summed E-state index contributed by atoms with van der Waals surface area (Å²) < 4.78 is 15.6. The third-order valence-electron chi connectivity index (χ3n) is 4.03. The minimum atomic E-state index is -0.839. The van der Waals surface area contributed by atoms with Gasteiger partial charge in [0.1, 0.15) is 5.71 Å². The fraction of sp³-hybridized carbons (Fsp3) is 0.500. The molecule has 0 saturated heterocycles. The number of nitrogens with one attached hydrogen (secondary N) is 1. The summed E-state index contributed by atoms with van der Waals surface area (Å²) in [5, 5.41) is 15.1. The molecule has 0 spiro atoms. The van der Waals surface area contributed by atoms with E-state index < -0.39 is 11.9 Å². The van der Waals surface area contributed by atoms with Crippen molar-refractivity contribution < 1.29 is 23.9 Å². The van der Waals surface area contributed by atoms with Crippen LogP contribution in [0.1, 0.15) is 36.0 Å². The van der Waals surface area contributed by atoms with Crippen LogP contribution in [0.3, 0.4) is 0 Å². The molecule has 0 aliphatic heterocycles. The predicted octanol–water partition coefficient (Wildman–Crippen LogP) is 2.02. The van der Waals surface area contributed by atoms with E-state index in [2.05, 4.69) is 10.5 Å². The quantitative estimate of drug-likeness (QED) is 0.620. The van der Waals surface area contributed by atoms with E-state index in [4.69, 9.17) is 14.2 Å². The zero-order valence-electron chi connectivity index (χ0n) is 14.4. The molecule has 0 radical (unpaired) electrons. The Morgan fingerprint density at radius 1 is 1.20 bits per heavy atom. The van der Waals surface area contributed by atoms with Crippen molar-refractivity contribution in [3.8, 4) is 17.2 Å². The van der Waals surface area contributed by atoms with Crippen molar-refractivity contribution in [2.45, 2.75) is 31.7 Å². The second-order valence-electron chi connectivity index (χ2n) is 5.51. The molecule has 1 aromatic rings. The van der Waals surface area contributed by atoms with Gasteiger partial charge in [-0.3, -0.25) is 14.9 Å². The molecule has 136 valence electrons. The molecule has 2 rings (SSSR count). The minimum Gasteiger partial charge on any atom is -0.493 e. The van der Waals surface area contributed by atoms with E-state index in [0.717, 1.165) is 12.8 Å². The normalized spacial score (nSPS) is 18.5. The molecule has 1 aromatic carbocycles. The number of nitro groups is 1. The summed E-state index contributed by atoms with van der Waals surface area (Å²) in [4.78, 5) is 23.1. The van der Waals surface area contributed by atoms with Crippen molar-refractivity contribution in [3.63, 3.8) is 0 Å². The fourth-order valence-corrected chi connectivity index (χ4v) is 2.73. The first kappa shape index (κ1) is 18.5. The lowest BCUT2D eigenvalue weighted by Gasteiger charge is -2.17. The van der Waals surface area contributed by atoms with Crippen LogP contribution in [0.25, 0.3) is 0 Å². The van der Waals surface area contributed by atoms with E-state index >= 15 is 0 Å². The van der Waals surface area contributed by atoms with Crippen LogP contribution in [0.15, 0.2) is 17.2 Å². The van der Waals surface area contributed by atoms with Crippen LogP contribution < -0.4 is 19.6 Å². The van der Waals surface area contributed by atoms with Crippen molar-refractivity contribution in [3.05, 3.63) is 27.8 Å². The second-order valence-corrected chi connectivity index (χ2v) is 5.51. The summed E-state index contributed by atoms with van der Waals surface area (Å²) in [5.74, 6) is 0.522. The van der Waals surface area contributed by atoms with E-state index in [1.54, 1.807) is 0 Å². The van der Waals surface area contributed by atoms with Gasteiger partial charge in [-0.05, 0) is 31.4 Å². The molecule has 1 saturated carbocycles. The second kappa shape index (κ2) is 8.32. The van der Waals surface area contributed by atoms with Gasteiger partial charge in [0.2, 0.25) is 5.75 Å². The first-order chi connectivity index (χ1) is 12.0. The average molecular weight is 351 g/mol. The summed E-state index contributed by atoms with van der Waals surface area (Å²) >= 11 is 0. The van der Waals surface area contributed by atoms with E-state index in [0.29, 0.717) is 35.8 Å². The number of hydrazone groups is 1. The van der Waals surface area contributed by atoms with Crippen molar-refractivity contribution >= 4 is 11.6 Å². The molecule has 1 aliphatic rings. The van der Waals surface area contributed by atoms with Gasteiger partial charge >= 0.3 is 0 Å². The molecular formula is C16H21N3O6. The Morgan fingerprint density at radius 2 is 1.84 bits per heavy atom. The molecule has 1 atom stereocenters. The Balaban J connectivity index is 2.23. The number of ether oxygens (including phenoxy) is 3. The predicted molar refractivity (Wildman–Crippen MR) is 90.2 cm³/mol. The van der Waals surface area contributed by atoms with Gasteiger partial charge in [0.25, 0.3) is 11.9 Å². The molecule has 0 aromatic heterocycles. The number of benzene rings is 1. The molecule has 9 nitrogen and oxygen atoms in total. The van der Waals surface area contributed by atoms with Crippen LogP contribution in [-0.2, 0) is 0 Å². The van der Waals surface area contributed by atoms with Gasteiger partial charge in [-0.25, -0.2) is 5.43 Å². The van der Waals surface area contributed by atoms with Crippen LogP contribution >= 0.6 is 0 Å². The maximum Gasteiger partial charge on any atom is 0.271 e. The Bertz CT molecular complexity index is 663. The fourth-order valence-electron chi connectivity index (χ4n) is 2.73. The van der Waals surface area contributed by atoms with Gasteiger partial charge in [-0.2, -0.15) is 5.10 Å². The smallest absolute Gasteiger partial charge is 0.271 e. The minimum absolute atomic E-state index is 0.243. The summed E-state index contributed by atoms with van der Waals surface area (Å²) in [5.41, 5.74) is 3.02. The highest BCUT2D eigenvalue weighted by Crippen LogP contribution is 2.38. The maximum absolute atomic E-state index is 12.4. The van der Waals surface area contributed by atoms with Gasteiger partial charge in [0.15, 0.2) is 11.5 Å². The van der Waals surface area contributed by atoms with Crippen molar-refractivity contribution in [2.24, 2.45) is 5.10 Å². The largest absolute Gasteiger partial charge is 0.493 e. The van der Waals surface area contributed by atoms with E-state index in [9.17, 15) is 14.9 Å². The number of rotatable bonds is 6. The first-order valence-corrected chi connectivity index (χ1v) is 7.82. The summed E-state index contributed by atoms with van der Waals surface area (Å²) in [7, 11) is 4.36. The Kier molecular flexibility index (Phi) is 6.15.